The van der Waals surface area contributed by atoms with Crippen LogP contribution in [0.25, 0.3) is 0 Å². The van der Waals surface area contributed by atoms with E-state index in [0.29, 0.717) is 12.1 Å². The van der Waals surface area contributed by atoms with Gasteiger partial charge in [0.25, 0.3) is 0 Å². The average molecular weight is 274 g/mol. The molecule has 1 aliphatic carbocycles. The van der Waals surface area contributed by atoms with E-state index in [-0.39, 0.29) is 11.8 Å². The summed E-state index contributed by atoms with van der Waals surface area (Å²) in [6.45, 7) is 2.01. The number of carbonyl (C=O) groups excluding carboxylic acids is 1. The highest BCUT2D eigenvalue weighted by Gasteiger charge is 2.28. The molecule has 3 nitrogen and oxygen atoms in total. The monoisotopic (exact) mass is 274 g/mol. The maximum absolute atomic E-state index is 12.6. The van der Waals surface area contributed by atoms with Crippen molar-refractivity contribution in [1.82, 2.24) is 10.2 Å². The number of benzene rings is 1. The molecule has 20 heavy (non-hydrogen) atoms. The fourth-order valence-corrected chi connectivity index (χ4v) is 3.12. The first-order valence-corrected chi connectivity index (χ1v) is 7.62. The SMILES string of the molecule is CNC1CCC(N(C)C(=O)C(C)c2ccccc2)CC1. The summed E-state index contributed by atoms with van der Waals surface area (Å²) >= 11 is 0. The second-order valence-electron chi connectivity index (χ2n) is 5.88. The van der Waals surface area contributed by atoms with Crippen LogP contribution in [0.4, 0.5) is 0 Å². The Kier molecular flexibility index (Phi) is 5.18. The van der Waals surface area contributed by atoms with Crippen LogP contribution in [-0.4, -0.2) is 37.0 Å². The Morgan fingerprint density at radius 3 is 2.35 bits per heavy atom. The van der Waals surface area contributed by atoms with Crippen LogP contribution in [0.3, 0.4) is 0 Å². The van der Waals surface area contributed by atoms with Crippen molar-refractivity contribution in [1.29, 1.82) is 0 Å². The molecule has 0 radical (unpaired) electrons. The topological polar surface area (TPSA) is 32.3 Å². The molecule has 0 aliphatic heterocycles. The lowest BCUT2D eigenvalue weighted by Gasteiger charge is -2.35. The van der Waals surface area contributed by atoms with Crippen LogP contribution in [0.5, 0.6) is 0 Å². The summed E-state index contributed by atoms with van der Waals surface area (Å²) in [5, 5.41) is 3.34. The van der Waals surface area contributed by atoms with Crippen molar-refractivity contribution >= 4 is 5.91 Å². The van der Waals surface area contributed by atoms with Crippen molar-refractivity contribution in [2.75, 3.05) is 14.1 Å². The second kappa shape index (κ2) is 6.89. The third kappa shape index (κ3) is 3.40. The maximum atomic E-state index is 12.6. The second-order valence-corrected chi connectivity index (χ2v) is 5.88. The van der Waals surface area contributed by atoms with Gasteiger partial charge in [0, 0.05) is 19.1 Å². The van der Waals surface area contributed by atoms with Gasteiger partial charge in [-0.25, -0.2) is 0 Å². The van der Waals surface area contributed by atoms with Crippen molar-refractivity contribution in [3.8, 4) is 0 Å². The van der Waals surface area contributed by atoms with E-state index in [1.165, 1.54) is 12.8 Å². The van der Waals surface area contributed by atoms with Gasteiger partial charge in [0.15, 0.2) is 0 Å². The Hall–Kier alpha value is -1.35. The predicted molar refractivity (Wildman–Crippen MR) is 82.7 cm³/mol. The van der Waals surface area contributed by atoms with Crippen LogP contribution >= 0.6 is 0 Å². The normalized spacial score (nSPS) is 24.1. The predicted octanol–water partition coefficient (Wildman–Crippen LogP) is 2.78. The molecule has 0 saturated heterocycles. The lowest BCUT2D eigenvalue weighted by Crippen LogP contribution is -2.43. The quantitative estimate of drug-likeness (QED) is 0.915. The summed E-state index contributed by atoms with van der Waals surface area (Å²) in [6.07, 6.45) is 4.54. The Morgan fingerprint density at radius 1 is 1.20 bits per heavy atom. The number of hydrogen-bond acceptors (Lipinski definition) is 2. The number of nitrogens with zero attached hydrogens (tertiary/aromatic N) is 1. The molecule has 0 aromatic heterocycles. The third-order valence-corrected chi connectivity index (χ3v) is 4.67. The van der Waals surface area contributed by atoms with Crippen LogP contribution in [0.1, 0.15) is 44.1 Å². The molecule has 1 saturated carbocycles. The van der Waals surface area contributed by atoms with E-state index in [1.807, 2.05) is 56.3 Å². The third-order valence-electron chi connectivity index (χ3n) is 4.67. The largest absolute Gasteiger partial charge is 0.342 e. The minimum Gasteiger partial charge on any atom is -0.342 e. The number of hydrogen-bond donors (Lipinski definition) is 1. The van der Waals surface area contributed by atoms with Crippen LogP contribution in [0, 0.1) is 0 Å². The van der Waals surface area contributed by atoms with Crippen LogP contribution < -0.4 is 5.32 Å². The summed E-state index contributed by atoms with van der Waals surface area (Å²) in [4.78, 5) is 14.6. The molecule has 1 atom stereocenters. The Bertz CT molecular complexity index is 424. The van der Waals surface area contributed by atoms with Gasteiger partial charge in [0.1, 0.15) is 0 Å². The molecule has 1 amide bonds. The van der Waals surface area contributed by atoms with E-state index in [1.54, 1.807) is 0 Å². The van der Waals surface area contributed by atoms with Gasteiger partial charge in [-0.15, -0.1) is 0 Å². The van der Waals surface area contributed by atoms with Crippen LogP contribution in [0.15, 0.2) is 30.3 Å². The highest BCUT2D eigenvalue weighted by atomic mass is 16.2. The summed E-state index contributed by atoms with van der Waals surface area (Å²) in [6, 6.07) is 11.1. The number of carbonyl (C=O) groups is 1. The fraction of sp³-hybridized carbons (Fsp3) is 0.588. The molecule has 1 unspecified atom stereocenters. The van der Waals surface area contributed by atoms with E-state index >= 15 is 0 Å². The molecule has 0 bridgehead atoms. The highest BCUT2D eigenvalue weighted by molar-refractivity contribution is 5.83. The van der Waals surface area contributed by atoms with Crippen molar-refractivity contribution in [3.05, 3.63) is 35.9 Å². The van der Waals surface area contributed by atoms with Gasteiger partial charge in [-0.1, -0.05) is 30.3 Å². The number of likely N-dealkylation sites (N-methyl/N-ethyl adjacent to an activating group) is 1. The molecular formula is C17H26N2O. The number of rotatable bonds is 4. The van der Waals surface area contributed by atoms with Crippen molar-refractivity contribution in [3.63, 3.8) is 0 Å². The standard InChI is InChI=1S/C17H26N2O/c1-13(14-7-5-4-6-8-14)17(20)19(3)16-11-9-15(18-2)10-12-16/h4-8,13,15-16,18H,9-12H2,1-3H3. The van der Waals surface area contributed by atoms with E-state index in [2.05, 4.69) is 5.32 Å². The van der Waals surface area contributed by atoms with Gasteiger partial charge in [0.05, 0.1) is 5.92 Å². The van der Waals surface area contributed by atoms with E-state index < -0.39 is 0 Å². The first-order valence-electron chi connectivity index (χ1n) is 7.62. The minimum atomic E-state index is -0.0526. The maximum Gasteiger partial charge on any atom is 0.229 e. The van der Waals surface area contributed by atoms with Crippen molar-refractivity contribution in [2.45, 2.75) is 50.6 Å². The molecule has 0 spiro atoms. The van der Waals surface area contributed by atoms with Gasteiger partial charge in [-0.05, 0) is 45.2 Å². The first kappa shape index (κ1) is 15.0. The molecule has 1 aromatic carbocycles. The lowest BCUT2D eigenvalue weighted by molar-refractivity contribution is -0.133. The molecule has 1 aromatic rings. The molecule has 1 fully saturated rings. The molecule has 1 N–H and O–H groups in total. The zero-order valence-electron chi connectivity index (χ0n) is 12.8. The zero-order chi connectivity index (χ0) is 14.5. The summed E-state index contributed by atoms with van der Waals surface area (Å²) in [5.41, 5.74) is 1.10. The summed E-state index contributed by atoms with van der Waals surface area (Å²) in [7, 11) is 3.99. The van der Waals surface area contributed by atoms with E-state index in [4.69, 9.17) is 0 Å². The van der Waals surface area contributed by atoms with Gasteiger partial charge < -0.3 is 10.2 Å². The van der Waals surface area contributed by atoms with E-state index in [9.17, 15) is 4.79 Å². The first-order chi connectivity index (χ1) is 9.63. The van der Waals surface area contributed by atoms with E-state index in [0.717, 1.165) is 18.4 Å². The number of amides is 1. The van der Waals surface area contributed by atoms with Crippen molar-refractivity contribution in [2.24, 2.45) is 0 Å². The molecule has 3 heteroatoms. The van der Waals surface area contributed by atoms with Gasteiger partial charge in [-0.2, -0.15) is 0 Å². The molecule has 110 valence electrons. The van der Waals surface area contributed by atoms with Gasteiger partial charge in [-0.3, -0.25) is 4.79 Å². The lowest BCUT2D eigenvalue weighted by atomic mass is 9.89. The fourth-order valence-electron chi connectivity index (χ4n) is 3.12. The highest BCUT2D eigenvalue weighted by Crippen LogP contribution is 2.25. The summed E-state index contributed by atoms with van der Waals surface area (Å²) < 4.78 is 0. The minimum absolute atomic E-state index is 0.0526. The molecular weight excluding hydrogens is 248 g/mol. The molecule has 2 rings (SSSR count). The molecule has 1 aliphatic rings. The smallest absolute Gasteiger partial charge is 0.229 e. The van der Waals surface area contributed by atoms with Crippen LogP contribution in [0.2, 0.25) is 0 Å². The Labute approximate surface area is 122 Å². The summed E-state index contributed by atoms with van der Waals surface area (Å²) in [5.74, 6) is 0.187. The zero-order valence-corrected chi connectivity index (χ0v) is 12.8. The molecule has 0 heterocycles. The van der Waals surface area contributed by atoms with Gasteiger partial charge >= 0.3 is 0 Å². The van der Waals surface area contributed by atoms with Crippen molar-refractivity contribution < 1.29 is 4.79 Å². The van der Waals surface area contributed by atoms with Crippen LogP contribution in [-0.2, 0) is 4.79 Å². The average Bonchev–Trinajstić information content (AvgIpc) is 2.53. The Morgan fingerprint density at radius 2 is 1.80 bits per heavy atom. The number of nitrogens with one attached hydrogen (secondary N) is 1. The van der Waals surface area contributed by atoms with Gasteiger partial charge in [0.2, 0.25) is 5.91 Å². The Balaban J connectivity index is 1.95.